The van der Waals surface area contributed by atoms with Crippen LogP contribution in [0, 0.1) is 20.8 Å². The van der Waals surface area contributed by atoms with Crippen LogP contribution in [0.15, 0.2) is 18.2 Å². The average molecular weight is 230 g/mol. The normalized spacial score (nSPS) is 11.3. The van der Waals surface area contributed by atoms with E-state index in [1.165, 1.54) is 54.4 Å². The first-order valence-electron chi connectivity index (χ1n) is 6.89. The minimum Gasteiger partial charge on any atom is -0.0839 e. The molecule has 0 saturated heterocycles. The monoisotopic (exact) mass is 230 g/mol. The van der Waals surface area contributed by atoms with Crippen LogP contribution in [0.2, 0.25) is 0 Å². The van der Waals surface area contributed by atoms with Gasteiger partial charge in [-0.3, -0.25) is 0 Å². The Bertz CT molecular complexity index is 349. The van der Waals surface area contributed by atoms with Gasteiger partial charge in [0.2, 0.25) is 0 Å². The van der Waals surface area contributed by atoms with Gasteiger partial charge in [0, 0.05) is 0 Å². The highest BCUT2D eigenvalue weighted by Gasteiger charge is 1.99. The summed E-state index contributed by atoms with van der Waals surface area (Å²) in [5, 5.41) is 0. The zero-order valence-electron chi connectivity index (χ0n) is 11.8. The molecule has 1 aromatic rings. The van der Waals surface area contributed by atoms with Gasteiger partial charge in [0.25, 0.3) is 0 Å². The Kier molecular flexibility index (Phi) is 6.04. The minimum atomic E-state index is 1.22. The third-order valence-electron chi connectivity index (χ3n) is 3.25. The van der Waals surface area contributed by atoms with Gasteiger partial charge in [-0.2, -0.15) is 0 Å². The Morgan fingerprint density at radius 3 is 2.18 bits per heavy atom. The van der Waals surface area contributed by atoms with Crippen molar-refractivity contribution in [1.82, 2.24) is 0 Å². The highest BCUT2D eigenvalue weighted by Crippen LogP contribution is 2.18. The standard InChI is InChI=1S/C17H26/c1-5-6-7-8-9-10-11-17-15(3)12-14(2)13-16(17)4/h10-13H,5-9H2,1-4H3/b11-10+. The lowest BCUT2D eigenvalue weighted by Crippen LogP contribution is -1.88. The molecule has 0 aromatic heterocycles. The van der Waals surface area contributed by atoms with Crippen LogP contribution in [0.1, 0.15) is 61.3 Å². The lowest BCUT2D eigenvalue weighted by atomic mass is 9.99. The number of rotatable bonds is 6. The van der Waals surface area contributed by atoms with Crippen molar-refractivity contribution < 1.29 is 0 Å². The molecule has 0 N–H and O–H groups in total. The summed E-state index contributed by atoms with van der Waals surface area (Å²) < 4.78 is 0. The Balaban J connectivity index is 2.53. The van der Waals surface area contributed by atoms with Gasteiger partial charge in [0.1, 0.15) is 0 Å². The van der Waals surface area contributed by atoms with Gasteiger partial charge in [-0.05, 0) is 50.3 Å². The number of hydrogen-bond donors (Lipinski definition) is 0. The molecule has 0 heterocycles. The molecule has 1 aromatic carbocycles. The Hall–Kier alpha value is -1.04. The van der Waals surface area contributed by atoms with Gasteiger partial charge in [-0.25, -0.2) is 0 Å². The number of unbranched alkanes of at least 4 members (excludes halogenated alkanes) is 4. The van der Waals surface area contributed by atoms with Crippen molar-refractivity contribution in [3.05, 3.63) is 40.5 Å². The first kappa shape index (κ1) is 14.0. The fourth-order valence-electron chi connectivity index (χ4n) is 2.34. The molecule has 0 amide bonds. The molecule has 0 nitrogen and oxygen atoms in total. The van der Waals surface area contributed by atoms with Crippen LogP contribution in [0.25, 0.3) is 6.08 Å². The van der Waals surface area contributed by atoms with Crippen molar-refractivity contribution in [2.75, 3.05) is 0 Å². The van der Waals surface area contributed by atoms with Gasteiger partial charge in [0.15, 0.2) is 0 Å². The Labute approximate surface area is 107 Å². The van der Waals surface area contributed by atoms with E-state index in [9.17, 15) is 0 Å². The molecule has 0 aliphatic heterocycles. The van der Waals surface area contributed by atoms with Crippen molar-refractivity contribution in [3.63, 3.8) is 0 Å². The van der Waals surface area contributed by atoms with Crippen LogP contribution in [0.3, 0.4) is 0 Å². The summed E-state index contributed by atoms with van der Waals surface area (Å²) >= 11 is 0. The molecule has 94 valence electrons. The minimum absolute atomic E-state index is 1.22. The van der Waals surface area contributed by atoms with Crippen molar-refractivity contribution in [2.24, 2.45) is 0 Å². The van der Waals surface area contributed by atoms with E-state index in [0.29, 0.717) is 0 Å². The second-order valence-corrected chi connectivity index (χ2v) is 5.06. The smallest absolute Gasteiger partial charge is 0.0201 e. The molecule has 0 spiro atoms. The van der Waals surface area contributed by atoms with Crippen LogP contribution in [0.5, 0.6) is 0 Å². The number of allylic oxidation sites excluding steroid dienone is 1. The van der Waals surface area contributed by atoms with Crippen molar-refractivity contribution in [1.29, 1.82) is 0 Å². The van der Waals surface area contributed by atoms with E-state index in [-0.39, 0.29) is 0 Å². The lowest BCUT2D eigenvalue weighted by Gasteiger charge is -2.07. The molecule has 0 heteroatoms. The average Bonchev–Trinajstić information content (AvgIpc) is 2.26. The molecule has 0 aliphatic rings. The molecular formula is C17H26. The van der Waals surface area contributed by atoms with Crippen LogP contribution >= 0.6 is 0 Å². The first-order valence-corrected chi connectivity index (χ1v) is 6.89. The molecular weight excluding hydrogens is 204 g/mol. The molecule has 0 saturated carbocycles. The van der Waals surface area contributed by atoms with Crippen LogP contribution in [-0.2, 0) is 0 Å². The van der Waals surface area contributed by atoms with Crippen molar-refractivity contribution in [3.8, 4) is 0 Å². The first-order chi connectivity index (χ1) is 8.15. The van der Waals surface area contributed by atoms with E-state index in [1.54, 1.807) is 0 Å². The lowest BCUT2D eigenvalue weighted by molar-refractivity contribution is 0.675. The molecule has 17 heavy (non-hydrogen) atoms. The summed E-state index contributed by atoms with van der Waals surface area (Å²) in [6.07, 6.45) is 11.2. The molecule has 0 unspecified atom stereocenters. The molecule has 0 atom stereocenters. The quantitative estimate of drug-likeness (QED) is 0.558. The van der Waals surface area contributed by atoms with Gasteiger partial charge in [-0.1, -0.05) is 56.0 Å². The van der Waals surface area contributed by atoms with Gasteiger partial charge >= 0.3 is 0 Å². The van der Waals surface area contributed by atoms with E-state index < -0.39 is 0 Å². The van der Waals surface area contributed by atoms with Gasteiger partial charge in [0.05, 0.1) is 0 Å². The fraction of sp³-hybridized carbons (Fsp3) is 0.529. The van der Waals surface area contributed by atoms with Gasteiger partial charge in [-0.15, -0.1) is 0 Å². The number of aryl methyl sites for hydroxylation is 3. The summed E-state index contributed by atoms with van der Waals surface area (Å²) in [6.45, 7) is 8.83. The summed E-state index contributed by atoms with van der Waals surface area (Å²) in [7, 11) is 0. The Morgan fingerprint density at radius 2 is 1.59 bits per heavy atom. The van der Waals surface area contributed by atoms with Crippen LogP contribution < -0.4 is 0 Å². The van der Waals surface area contributed by atoms with Crippen molar-refractivity contribution >= 4 is 6.08 Å². The summed E-state index contributed by atoms with van der Waals surface area (Å²) in [6, 6.07) is 4.54. The SMILES string of the molecule is CCCCCC/C=C/c1c(C)cc(C)cc1C. The maximum atomic E-state index is 2.33. The number of hydrogen-bond acceptors (Lipinski definition) is 0. The highest BCUT2D eigenvalue weighted by atomic mass is 14.0. The molecule has 1 rings (SSSR count). The third-order valence-corrected chi connectivity index (χ3v) is 3.25. The maximum Gasteiger partial charge on any atom is -0.0201 e. The van der Waals surface area contributed by atoms with Crippen molar-refractivity contribution in [2.45, 2.75) is 59.8 Å². The highest BCUT2D eigenvalue weighted by molar-refractivity contribution is 5.58. The van der Waals surface area contributed by atoms with Crippen LogP contribution in [-0.4, -0.2) is 0 Å². The van der Waals surface area contributed by atoms with E-state index in [2.05, 4.69) is 52.0 Å². The third kappa shape index (κ3) is 4.77. The van der Waals surface area contributed by atoms with E-state index >= 15 is 0 Å². The largest absolute Gasteiger partial charge is 0.0839 e. The molecule has 0 fully saturated rings. The summed E-state index contributed by atoms with van der Waals surface area (Å²) in [5.74, 6) is 0. The molecule has 0 bridgehead atoms. The second kappa shape index (κ2) is 7.32. The van der Waals surface area contributed by atoms with Gasteiger partial charge < -0.3 is 0 Å². The van der Waals surface area contributed by atoms with E-state index in [1.807, 2.05) is 0 Å². The molecule has 0 aliphatic carbocycles. The second-order valence-electron chi connectivity index (χ2n) is 5.06. The predicted molar refractivity (Wildman–Crippen MR) is 78.4 cm³/mol. The predicted octanol–water partition coefficient (Wildman–Crippen LogP) is 5.60. The Morgan fingerprint density at radius 1 is 0.941 bits per heavy atom. The zero-order chi connectivity index (χ0) is 12.7. The van der Waals surface area contributed by atoms with E-state index in [0.717, 1.165) is 0 Å². The fourth-order valence-corrected chi connectivity index (χ4v) is 2.34. The maximum absolute atomic E-state index is 2.33. The van der Waals surface area contributed by atoms with E-state index in [4.69, 9.17) is 0 Å². The summed E-state index contributed by atoms with van der Waals surface area (Å²) in [4.78, 5) is 0. The number of benzene rings is 1. The topological polar surface area (TPSA) is 0 Å². The molecule has 0 radical (unpaired) electrons. The van der Waals surface area contributed by atoms with Crippen LogP contribution in [0.4, 0.5) is 0 Å². The zero-order valence-corrected chi connectivity index (χ0v) is 11.8. The summed E-state index contributed by atoms with van der Waals surface area (Å²) in [5.41, 5.74) is 5.56.